The highest BCUT2D eigenvalue weighted by Gasteiger charge is 2.16. The van der Waals surface area contributed by atoms with Crippen molar-refractivity contribution in [2.45, 2.75) is 13.8 Å². The summed E-state index contributed by atoms with van der Waals surface area (Å²) in [6.07, 6.45) is 5.14. The van der Waals surface area contributed by atoms with Gasteiger partial charge in [0.15, 0.2) is 0 Å². The SMILES string of the molecule is CCN(CC)c1ccc(C=C(NC(=O)c2ccccc2Cl)C(=O)NN=Cc2cn(C)c3ccccc23)cc1. The van der Waals surface area contributed by atoms with Crippen LogP contribution < -0.4 is 15.6 Å². The number of hydrazone groups is 1. The number of aromatic nitrogens is 1. The molecule has 3 aromatic carbocycles. The van der Waals surface area contributed by atoms with E-state index in [4.69, 9.17) is 11.6 Å². The molecule has 2 amide bonds. The van der Waals surface area contributed by atoms with Crippen molar-refractivity contribution in [2.24, 2.45) is 12.1 Å². The summed E-state index contributed by atoms with van der Waals surface area (Å²) >= 11 is 6.21. The third-order valence-corrected chi connectivity index (χ3v) is 6.57. The Morgan fingerprint density at radius 1 is 0.974 bits per heavy atom. The monoisotopic (exact) mass is 527 g/mol. The predicted molar refractivity (Wildman–Crippen MR) is 156 cm³/mol. The summed E-state index contributed by atoms with van der Waals surface area (Å²) in [7, 11) is 1.95. The van der Waals surface area contributed by atoms with Crippen molar-refractivity contribution in [2.75, 3.05) is 18.0 Å². The smallest absolute Gasteiger partial charge is 0.287 e. The number of carbonyl (C=O) groups is 2. The molecule has 0 aliphatic heterocycles. The van der Waals surface area contributed by atoms with Crippen molar-refractivity contribution >= 4 is 52.3 Å². The number of benzene rings is 3. The highest BCUT2D eigenvalue weighted by atomic mass is 35.5. The number of para-hydroxylation sites is 1. The van der Waals surface area contributed by atoms with Gasteiger partial charge in [-0.25, -0.2) is 5.43 Å². The van der Waals surface area contributed by atoms with Crippen LogP contribution in [-0.4, -0.2) is 35.7 Å². The van der Waals surface area contributed by atoms with Gasteiger partial charge >= 0.3 is 0 Å². The van der Waals surface area contributed by atoms with E-state index >= 15 is 0 Å². The van der Waals surface area contributed by atoms with Gasteiger partial charge in [0.05, 0.1) is 16.8 Å². The Morgan fingerprint density at radius 2 is 1.66 bits per heavy atom. The number of carbonyl (C=O) groups excluding carboxylic acids is 2. The Kier molecular flexibility index (Phi) is 8.61. The molecule has 0 fully saturated rings. The van der Waals surface area contributed by atoms with Crippen LogP contribution in [0.2, 0.25) is 5.02 Å². The van der Waals surface area contributed by atoms with Crippen LogP contribution in [0.25, 0.3) is 17.0 Å². The third kappa shape index (κ3) is 6.12. The van der Waals surface area contributed by atoms with Gasteiger partial charge < -0.3 is 14.8 Å². The average molecular weight is 528 g/mol. The molecular formula is C30H30ClN5O2. The zero-order valence-corrected chi connectivity index (χ0v) is 22.4. The second-order valence-corrected chi connectivity index (χ2v) is 9.07. The summed E-state index contributed by atoms with van der Waals surface area (Å²) in [6, 6.07) is 22.4. The molecule has 0 unspecified atom stereocenters. The van der Waals surface area contributed by atoms with Crippen LogP contribution in [0.3, 0.4) is 0 Å². The van der Waals surface area contributed by atoms with Crippen LogP contribution in [0.1, 0.15) is 35.3 Å². The Bertz CT molecular complexity index is 1500. The maximum Gasteiger partial charge on any atom is 0.287 e. The second kappa shape index (κ2) is 12.3. The van der Waals surface area contributed by atoms with Crippen molar-refractivity contribution in [3.05, 3.63) is 106 Å². The van der Waals surface area contributed by atoms with Crippen LogP contribution in [0.15, 0.2) is 89.8 Å². The summed E-state index contributed by atoms with van der Waals surface area (Å²) < 4.78 is 2.00. The van der Waals surface area contributed by atoms with Crippen LogP contribution in [0.4, 0.5) is 5.69 Å². The van der Waals surface area contributed by atoms with Crippen molar-refractivity contribution < 1.29 is 9.59 Å². The summed E-state index contributed by atoms with van der Waals surface area (Å²) in [4.78, 5) is 28.4. The normalized spacial score (nSPS) is 11.6. The Labute approximate surface area is 227 Å². The summed E-state index contributed by atoms with van der Waals surface area (Å²) in [5.74, 6) is -1.05. The lowest BCUT2D eigenvalue weighted by Crippen LogP contribution is -2.33. The molecule has 0 aliphatic rings. The maximum atomic E-state index is 13.2. The van der Waals surface area contributed by atoms with Gasteiger partial charge in [-0.15, -0.1) is 0 Å². The molecule has 0 bridgehead atoms. The highest BCUT2D eigenvalue weighted by Crippen LogP contribution is 2.20. The number of hydrogen-bond donors (Lipinski definition) is 2. The van der Waals surface area contributed by atoms with Crippen molar-refractivity contribution in [1.82, 2.24) is 15.3 Å². The lowest BCUT2D eigenvalue weighted by atomic mass is 10.1. The van der Waals surface area contributed by atoms with Gasteiger partial charge in [0, 0.05) is 48.5 Å². The molecule has 8 heteroatoms. The van der Waals surface area contributed by atoms with Crippen LogP contribution in [0, 0.1) is 0 Å². The van der Waals surface area contributed by atoms with E-state index in [0.29, 0.717) is 5.02 Å². The average Bonchev–Trinajstić information content (AvgIpc) is 3.25. The van der Waals surface area contributed by atoms with Gasteiger partial charge in [-0.3, -0.25) is 9.59 Å². The molecule has 0 saturated heterocycles. The first-order chi connectivity index (χ1) is 18.4. The molecular weight excluding hydrogens is 498 g/mol. The molecule has 0 spiro atoms. The lowest BCUT2D eigenvalue weighted by molar-refractivity contribution is -0.117. The minimum Gasteiger partial charge on any atom is -0.372 e. The summed E-state index contributed by atoms with van der Waals surface area (Å²) in [5.41, 5.74) is 6.60. The van der Waals surface area contributed by atoms with Crippen LogP contribution in [-0.2, 0) is 11.8 Å². The number of anilines is 1. The highest BCUT2D eigenvalue weighted by molar-refractivity contribution is 6.34. The predicted octanol–water partition coefficient (Wildman–Crippen LogP) is 5.60. The number of hydrogen-bond acceptors (Lipinski definition) is 4. The maximum absolute atomic E-state index is 13.2. The number of nitrogens with one attached hydrogen (secondary N) is 2. The first-order valence-corrected chi connectivity index (χ1v) is 12.8. The minimum absolute atomic E-state index is 0.0422. The molecule has 7 nitrogen and oxygen atoms in total. The number of halogens is 1. The molecule has 4 aromatic rings. The zero-order valence-electron chi connectivity index (χ0n) is 21.6. The number of aryl methyl sites for hydroxylation is 1. The number of rotatable bonds is 9. The fourth-order valence-corrected chi connectivity index (χ4v) is 4.45. The van der Waals surface area contributed by atoms with Crippen molar-refractivity contribution in [3.63, 3.8) is 0 Å². The van der Waals surface area contributed by atoms with Crippen molar-refractivity contribution in [1.29, 1.82) is 0 Å². The van der Waals surface area contributed by atoms with Gasteiger partial charge in [0.2, 0.25) is 0 Å². The topological polar surface area (TPSA) is 78.7 Å². The van der Waals surface area contributed by atoms with Gasteiger partial charge in [0.1, 0.15) is 5.70 Å². The first-order valence-electron chi connectivity index (χ1n) is 12.4. The van der Waals surface area contributed by atoms with Crippen molar-refractivity contribution in [3.8, 4) is 0 Å². The number of amides is 2. The van der Waals surface area contributed by atoms with E-state index in [0.717, 1.165) is 40.8 Å². The lowest BCUT2D eigenvalue weighted by Gasteiger charge is -2.21. The molecule has 1 heterocycles. The molecule has 38 heavy (non-hydrogen) atoms. The van der Waals surface area contributed by atoms with Crippen LogP contribution >= 0.6 is 11.6 Å². The molecule has 0 aliphatic carbocycles. The van der Waals surface area contributed by atoms with Gasteiger partial charge in [-0.1, -0.05) is 54.1 Å². The van der Waals surface area contributed by atoms with Gasteiger partial charge in [-0.2, -0.15) is 5.10 Å². The van der Waals surface area contributed by atoms with E-state index in [-0.39, 0.29) is 11.3 Å². The largest absolute Gasteiger partial charge is 0.372 e. The quantitative estimate of drug-likeness (QED) is 0.169. The third-order valence-electron chi connectivity index (χ3n) is 6.24. The summed E-state index contributed by atoms with van der Waals surface area (Å²) in [5, 5.41) is 8.18. The molecule has 0 atom stereocenters. The number of nitrogens with zero attached hydrogens (tertiary/aromatic N) is 3. The van der Waals surface area contributed by atoms with E-state index in [1.54, 1.807) is 36.6 Å². The van der Waals surface area contributed by atoms with E-state index in [1.165, 1.54) is 0 Å². The molecule has 194 valence electrons. The van der Waals surface area contributed by atoms with Gasteiger partial charge in [0.25, 0.3) is 11.8 Å². The number of fused-ring (bicyclic) bond motifs is 1. The van der Waals surface area contributed by atoms with Gasteiger partial charge in [-0.05, 0) is 55.8 Å². The van der Waals surface area contributed by atoms with E-state index in [9.17, 15) is 9.59 Å². The second-order valence-electron chi connectivity index (χ2n) is 8.67. The fraction of sp³-hybridized carbons (Fsp3) is 0.167. The Hall–Kier alpha value is -4.36. The molecule has 0 radical (unpaired) electrons. The van der Waals surface area contributed by atoms with E-state index < -0.39 is 11.8 Å². The Balaban J connectivity index is 1.59. The van der Waals surface area contributed by atoms with Crippen LogP contribution in [0.5, 0.6) is 0 Å². The standard InChI is InChI=1S/C30H30ClN5O2/c1-4-36(5-2)23-16-14-21(15-17-23)18-27(33-29(37)25-11-6-8-12-26(25)31)30(38)34-32-19-22-20-35(3)28-13-9-7-10-24(22)28/h6-20H,4-5H2,1-3H3,(H,33,37)(H,34,38). The molecule has 0 saturated carbocycles. The molecule has 2 N–H and O–H groups in total. The minimum atomic E-state index is -0.560. The molecule has 4 rings (SSSR count). The fourth-order valence-electron chi connectivity index (χ4n) is 4.23. The van der Waals surface area contributed by atoms with E-state index in [1.807, 2.05) is 66.3 Å². The summed E-state index contributed by atoms with van der Waals surface area (Å²) in [6.45, 7) is 5.98. The van der Waals surface area contributed by atoms with E-state index in [2.05, 4.69) is 34.6 Å². The zero-order chi connectivity index (χ0) is 27.1. The Morgan fingerprint density at radius 3 is 2.37 bits per heavy atom. The molecule has 1 aromatic heterocycles. The first kappa shape index (κ1) is 26.7.